The summed E-state index contributed by atoms with van der Waals surface area (Å²) in [5.74, 6) is -0.253. The summed E-state index contributed by atoms with van der Waals surface area (Å²) in [6, 6.07) is 17.4. The molecule has 0 saturated carbocycles. The van der Waals surface area contributed by atoms with Gasteiger partial charge in [0.1, 0.15) is 0 Å². The molecule has 5 nitrogen and oxygen atoms in total. The zero-order valence-corrected chi connectivity index (χ0v) is 21.1. The summed E-state index contributed by atoms with van der Waals surface area (Å²) in [5.41, 5.74) is 4.32. The van der Waals surface area contributed by atoms with Crippen LogP contribution in [0.3, 0.4) is 0 Å². The van der Waals surface area contributed by atoms with Gasteiger partial charge in [-0.2, -0.15) is 0 Å². The molecule has 0 aliphatic rings. The molecule has 0 spiro atoms. The van der Waals surface area contributed by atoms with Crippen molar-refractivity contribution in [2.24, 2.45) is 0 Å². The zero-order chi connectivity index (χ0) is 24.2. The van der Waals surface area contributed by atoms with Crippen LogP contribution >= 0.6 is 23.2 Å². The maximum atomic E-state index is 12.9. The molecule has 3 aromatic rings. The van der Waals surface area contributed by atoms with Gasteiger partial charge in [0, 0.05) is 26.9 Å². The third-order valence-corrected chi connectivity index (χ3v) is 7.27. The normalized spacial score (nSPS) is 11.3. The lowest BCUT2D eigenvalue weighted by molar-refractivity contribution is 0.102. The fraction of sp³-hybridized carbons (Fsp3) is 0.240. The summed E-state index contributed by atoms with van der Waals surface area (Å²) in [4.78, 5) is 12.9. The predicted octanol–water partition coefficient (Wildman–Crippen LogP) is 6.34. The molecule has 0 fully saturated rings. The first kappa shape index (κ1) is 25.1. The number of hydrogen-bond acceptors (Lipinski definition) is 3. The van der Waals surface area contributed by atoms with Crippen LogP contribution < -0.4 is 9.62 Å². The van der Waals surface area contributed by atoms with Crippen LogP contribution in [0.4, 0.5) is 11.4 Å². The maximum absolute atomic E-state index is 12.9. The summed E-state index contributed by atoms with van der Waals surface area (Å²) in [5, 5.41) is 3.79. The van der Waals surface area contributed by atoms with Crippen molar-refractivity contribution in [3.63, 3.8) is 0 Å². The van der Waals surface area contributed by atoms with E-state index >= 15 is 0 Å². The Kier molecular flexibility index (Phi) is 8.05. The van der Waals surface area contributed by atoms with E-state index in [1.165, 1.54) is 4.31 Å². The topological polar surface area (TPSA) is 66.5 Å². The molecule has 1 amide bonds. The van der Waals surface area contributed by atoms with Gasteiger partial charge < -0.3 is 5.32 Å². The Bertz CT molecular complexity index is 1220. The van der Waals surface area contributed by atoms with Gasteiger partial charge in [0.15, 0.2) is 0 Å². The van der Waals surface area contributed by atoms with Crippen LogP contribution in [0.15, 0.2) is 60.7 Å². The second-order valence-corrected chi connectivity index (χ2v) is 10.4. The number of nitrogens with zero attached hydrogens (tertiary/aromatic N) is 1. The molecule has 0 radical (unpaired) electrons. The standard InChI is InChI=1S/C25H26Cl2N2O3S/c1-4-17-8-6-9-18(5-2)24(17)28-25(30)19-12-14-20(15-13-19)29(33(3,31)32)16-21-22(26)10-7-11-23(21)27/h6-15H,4-5,16H2,1-3H3,(H,28,30). The van der Waals surface area contributed by atoms with Gasteiger partial charge in [0.2, 0.25) is 10.0 Å². The van der Waals surface area contributed by atoms with Crippen molar-refractivity contribution in [2.45, 2.75) is 33.2 Å². The van der Waals surface area contributed by atoms with Gasteiger partial charge in [-0.05, 0) is 60.4 Å². The molecule has 0 unspecified atom stereocenters. The van der Waals surface area contributed by atoms with E-state index in [2.05, 4.69) is 5.32 Å². The molecule has 0 atom stereocenters. The Balaban J connectivity index is 1.88. The molecule has 0 saturated heterocycles. The van der Waals surface area contributed by atoms with Crippen LogP contribution in [0.1, 0.15) is 40.9 Å². The molecule has 0 aliphatic heterocycles. The van der Waals surface area contributed by atoms with Crippen LogP contribution in [-0.4, -0.2) is 20.6 Å². The third kappa shape index (κ3) is 5.88. The maximum Gasteiger partial charge on any atom is 0.255 e. The first-order valence-electron chi connectivity index (χ1n) is 10.6. The Morgan fingerprint density at radius 2 is 1.39 bits per heavy atom. The molecule has 1 N–H and O–H groups in total. The van der Waals surface area contributed by atoms with E-state index in [9.17, 15) is 13.2 Å². The number of rotatable bonds is 8. The highest BCUT2D eigenvalue weighted by atomic mass is 35.5. The smallest absolute Gasteiger partial charge is 0.255 e. The summed E-state index contributed by atoms with van der Waals surface area (Å²) < 4.78 is 26.3. The van der Waals surface area contributed by atoms with E-state index < -0.39 is 10.0 Å². The van der Waals surface area contributed by atoms with E-state index in [4.69, 9.17) is 23.2 Å². The number of hydrogen-bond donors (Lipinski definition) is 1. The van der Waals surface area contributed by atoms with Crippen molar-refractivity contribution < 1.29 is 13.2 Å². The lowest BCUT2D eigenvalue weighted by Gasteiger charge is -2.24. The summed E-state index contributed by atoms with van der Waals surface area (Å²) >= 11 is 12.5. The number of para-hydroxylation sites is 1. The van der Waals surface area contributed by atoms with Crippen LogP contribution in [0.5, 0.6) is 0 Å². The van der Waals surface area contributed by atoms with E-state index in [1.54, 1.807) is 42.5 Å². The van der Waals surface area contributed by atoms with Crippen LogP contribution in [0, 0.1) is 0 Å². The number of aryl methyl sites for hydroxylation is 2. The number of benzene rings is 3. The average Bonchev–Trinajstić information content (AvgIpc) is 2.78. The molecule has 3 rings (SSSR count). The second kappa shape index (κ2) is 10.6. The zero-order valence-electron chi connectivity index (χ0n) is 18.7. The van der Waals surface area contributed by atoms with E-state index in [0.717, 1.165) is 35.9 Å². The highest BCUT2D eigenvalue weighted by Crippen LogP contribution is 2.30. The van der Waals surface area contributed by atoms with Gasteiger partial charge >= 0.3 is 0 Å². The van der Waals surface area contributed by atoms with Gasteiger partial charge in [-0.15, -0.1) is 0 Å². The molecule has 174 valence electrons. The number of anilines is 2. The van der Waals surface area contributed by atoms with E-state index in [-0.39, 0.29) is 12.5 Å². The monoisotopic (exact) mass is 504 g/mol. The molecule has 0 aromatic heterocycles. The highest BCUT2D eigenvalue weighted by Gasteiger charge is 2.21. The fourth-order valence-electron chi connectivity index (χ4n) is 3.59. The quantitative estimate of drug-likeness (QED) is 0.389. The number of carbonyl (C=O) groups is 1. The second-order valence-electron chi connectivity index (χ2n) is 7.63. The molecular weight excluding hydrogens is 479 g/mol. The first-order chi connectivity index (χ1) is 15.7. The number of sulfonamides is 1. The van der Waals surface area contributed by atoms with Crippen molar-refractivity contribution in [2.75, 3.05) is 15.9 Å². The molecule has 8 heteroatoms. The fourth-order valence-corrected chi connectivity index (χ4v) is 4.98. The van der Waals surface area contributed by atoms with Crippen molar-refractivity contribution in [1.82, 2.24) is 0 Å². The predicted molar refractivity (Wildman–Crippen MR) is 137 cm³/mol. The number of carbonyl (C=O) groups excluding carboxylic acids is 1. The minimum atomic E-state index is -3.63. The number of nitrogens with one attached hydrogen (secondary N) is 1. The van der Waals surface area contributed by atoms with Crippen LogP contribution in [-0.2, 0) is 29.4 Å². The van der Waals surface area contributed by atoms with Gasteiger partial charge in [-0.3, -0.25) is 9.10 Å². The molecule has 3 aromatic carbocycles. The molecule has 0 aliphatic carbocycles. The van der Waals surface area contributed by atoms with E-state index in [1.807, 2.05) is 32.0 Å². The summed E-state index contributed by atoms with van der Waals surface area (Å²) in [6.45, 7) is 4.07. The molecule has 33 heavy (non-hydrogen) atoms. The Morgan fingerprint density at radius 1 is 0.879 bits per heavy atom. The van der Waals surface area contributed by atoms with Crippen molar-refractivity contribution in [3.05, 3.63) is 93.0 Å². The molecule has 0 heterocycles. The van der Waals surface area contributed by atoms with Crippen LogP contribution in [0.2, 0.25) is 10.0 Å². The lowest BCUT2D eigenvalue weighted by Crippen LogP contribution is -2.29. The van der Waals surface area contributed by atoms with E-state index in [0.29, 0.717) is 26.9 Å². The molecular formula is C25H26Cl2N2O3S. The van der Waals surface area contributed by atoms with Crippen LogP contribution in [0.25, 0.3) is 0 Å². The van der Waals surface area contributed by atoms with Gasteiger partial charge in [0.25, 0.3) is 5.91 Å². The minimum Gasteiger partial charge on any atom is -0.321 e. The highest BCUT2D eigenvalue weighted by molar-refractivity contribution is 7.92. The minimum absolute atomic E-state index is 0.0212. The van der Waals surface area contributed by atoms with Crippen molar-refractivity contribution >= 4 is 50.5 Å². The summed E-state index contributed by atoms with van der Waals surface area (Å²) in [6.07, 6.45) is 2.72. The molecule has 0 bridgehead atoms. The Morgan fingerprint density at radius 3 is 1.88 bits per heavy atom. The van der Waals surface area contributed by atoms with Gasteiger partial charge in [-0.25, -0.2) is 8.42 Å². The number of amides is 1. The van der Waals surface area contributed by atoms with Crippen molar-refractivity contribution in [1.29, 1.82) is 0 Å². The van der Waals surface area contributed by atoms with Gasteiger partial charge in [0.05, 0.1) is 18.5 Å². The SMILES string of the molecule is CCc1cccc(CC)c1NC(=O)c1ccc(N(Cc2c(Cl)cccc2Cl)S(C)(=O)=O)cc1. The number of halogens is 2. The first-order valence-corrected chi connectivity index (χ1v) is 13.2. The average molecular weight is 505 g/mol. The Labute approximate surface area is 205 Å². The van der Waals surface area contributed by atoms with Crippen molar-refractivity contribution in [3.8, 4) is 0 Å². The summed E-state index contributed by atoms with van der Waals surface area (Å²) in [7, 11) is -3.63. The third-order valence-electron chi connectivity index (χ3n) is 5.42. The lowest BCUT2D eigenvalue weighted by atomic mass is 10.0. The van der Waals surface area contributed by atoms with Gasteiger partial charge in [-0.1, -0.05) is 61.3 Å². The Hall–Kier alpha value is -2.54. The largest absolute Gasteiger partial charge is 0.321 e.